The predicted molar refractivity (Wildman–Crippen MR) is 46.3 cm³/mol. The molecule has 3 aliphatic carbocycles. The quantitative estimate of drug-likeness (QED) is 0.496. The molecular formula is C11H18. The average molecular weight is 150 g/mol. The minimum Gasteiger partial charge on any atom is -0.0530 e. The van der Waals surface area contributed by atoms with Gasteiger partial charge in [-0.1, -0.05) is 25.7 Å². The standard InChI is InChI=1S/C11H18/c1-3-7-11-8-4-2-6-10(11)9(11)5-1/h9-10H,1-8H2. The van der Waals surface area contributed by atoms with E-state index >= 15 is 0 Å². The fourth-order valence-electron chi connectivity index (χ4n) is 4.15. The van der Waals surface area contributed by atoms with Crippen LogP contribution >= 0.6 is 0 Å². The maximum Gasteiger partial charge on any atom is -0.0235 e. The Bertz CT molecular complexity index is 151. The van der Waals surface area contributed by atoms with E-state index in [-0.39, 0.29) is 0 Å². The maximum atomic E-state index is 1.60. The highest BCUT2D eigenvalue weighted by atomic mass is 14.7. The second-order valence-electron chi connectivity index (χ2n) is 4.94. The molecule has 0 nitrogen and oxygen atoms in total. The monoisotopic (exact) mass is 150 g/mol. The van der Waals surface area contributed by atoms with Crippen molar-refractivity contribution in [2.24, 2.45) is 17.3 Å². The number of hydrogen-bond acceptors (Lipinski definition) is 0. The molecule has 0 aromatic heterocycles. The minimum atomic E-state index is 0.941. The lowest BCUT2D eigenvalue weighted by Crippen LogP contribution is -2.12. The van der Waals surface area contributed by atoms with Gasteiger partial charge in [-0.3, -0.25) is 0 Å². The van der Waals surface area contributed by atoms with Gasteiger partial charge >= 0.3 is 0 Å². The molecule has 0 aliphatic heterocycles. The van der Waals surface area contributed by atoms with Gasteiger partial charge in [0.25, 0.3) is 0 Å². The molecule has 2 unspecified atom stereocenters. The second kappa shape index (κ2) is 2.02. The largest absolute Gasteiger partial charge is 0.0530 e. The normalized spacial score (nSPS) is 54.5. The smallest absolute Gasteiger partial charge is 0.0235 e. The molecule has 0 N–H and O–H groups in total. The Hall–Kier alpha value is 0. The first-order chi connectivity index (χ1) is 5.43. The van der Waals surface area contributed by atoms with E-state index in [0.717, 1.165) is 5.41 Å². The van der Waals surface area contributed by atoms with Crippen molar-refractivity contribution < 1.29 is 0 Å². The molecule has 3 saturated carbocycles. The zero-order valence-electron chi connectivity index (χ0n) is 7.31. The molecule has 3 rings (SSSR count). The fourth-order valence-corrected chi connectivity index (χ4v) is 4.15. The van der Waals surface area contributed by atoms with Crippen molar-refractivity contribution in [3.05, 3.63) is 0 Å². The lowest BCUT2D eigenvalue weighted by atomic mass is 9.81. The van der Waals surface area contributed by atoms with Gasteiger partial charge in [0.05, 0.1) is 0 Å². The Balaban J connectivity index is 1.83. The summed E-state index contributed by atoms with van der Waals surface area (Å²) in [5.74, 6) is 2.41. The van der Waals surface area contributed by atoms with Crippen molar-refractivity contribution in [1.82, 2.24) is 0 Å². The molecule has 11 heavy (non-hydrogen) atoms. The third-order valence-corrected chi connectivity index (χ3v) is 4.67. The topological polar surface area (TPSA) is 0 Å². The summed E-state index contributed by atoms with van der Waals surface area (Å²) in [4.78, 5) is 0. The molecule has 1 spiro atoms. The molecule has 0 aromatic rings. The van der Waals surface area contributed by atoms with E-state index in [1.54, 1.807) is 51.4 Å². The van der Waals surface area contributed by atoms with E-state index < -0.39 is 0 Å². The van der Waals surface area contributed by atoms with E-state index in [1.165, 1.54) is 11.8 Å². The van der Waals surface area contributed by atoms with Crippen molar-refractivity contribution >= 4 is 0 Å². The van der Waals surface area contributed by atoms with Crippen LogP contribution in [0.4, 0.5) is 0 Å². The zero-order chi connectivity index (χ0) is 7.31. The van der Waals surface area contributed by atoms with Crippen LogP contribution in [0.25, 0.3) is 0 Å². The van der Waals surface area contributed by atoms with Crippen LogP contribution in [-0.2, 0) is 0 Å². The van der Waals surface area contributed by atoms with E-state index in [1.807, 2.05) is 0 Å². The van der Waals surface area contributed by atoms with Crippen molar-refractivity contribution in [3.63, 3.8) is 0 Å². The highest BCUT2D eigenvalue weighted by molar-refractivity contribution is 5.12. The van der Waals surface area contributed by atoms with Crippen molar-refractivity contribution in [3.8, 4) is 0 Å². The van der Waals surface area contributed by atoms with E-state index in [9.17, 15) is 0 Å². The summed E-state index contributed by atoms with van der Waals surface area (Å²) < 4.78 is 0. The van der Waals surface area contributed by atoms with Crippen LogP contribution in [0.15, 0.2) is 0 Å². The van der Waals surface area contributed by atoms with E-state index in [4.69, 9.17) is 0 Å². The van der Waals surface area contributed by atoms with Gasteiger partial charge < -0.3 is 0 Å². The van der Waals surface area contributed by atoms with Gasteiger partial charge in [-0.25, -0.2) is 0 Å². The lowest BCUT2D eigenvalue weighted by Gasteiger charge is -2.24. The lowest BCUT2D eigenvalue weighted by molar-refractivity contribution is 0.273. The molecule has 3 fully saturated rings. The van der Waals surface area contributed by atoms with Crippen LogP contribution in [0.3, 0.4) is 0 Å². The Morgan fingerprint density at radius 2 is 1.27 bits per heavy atom. The first kappa shape index (κ1) is 6.51. The summed E-state index contributed by atoms with van der Waals surface area (Å²) in [5.41, 5.74) is 0.941. The molecule has 0 saturated heterocycles. The highest BCUT2D eigenvalue weighted by Crippen LogP contribution is 2.72. The van der Waals surface area contributed by atoms with Gasteiger partial charge in [0.15, 0.2) is 0 Å². The molecule has 0 heteroatoms. The van der Waals surface area contributed by atoms with Crippen LogP contribution in [0, 0.1) is 17.3 Å². The van der Waals surface area contributed by atoms with Crippen LogP contribution < -0.4 is 0 Å². The van der Waals surface area contributed by atoms with Gasteiger partial charge in [-0.2, -0.15) is 0 Å². The average Bonchev–Trinajstić information content (AvgIpc) is 2.73. The molecule has 0 bridgehead atoms. The summed E-state index contributed by atoms with van der Waals surface area (Å²) in [6, 6.07) is 0. The molecule has 0 amide bonds. The van der Waals surface area contributed by atoms with Gasteiger partial charge in [-0.15, -0.1) is 0 Å². The third-order valence-electron chi connectivity index (χ3n) is 4.67. The maximum absolute atomic E-state index is 1.60. The summed E-state index contributed by atoms with van der Waals surface area (Å²) in [6.45, 7) is 0. The van der Waals surface area contributed by atoms with E-state index in [0.29, 0.717) is 0 Å². The summed E-state index contributed by atoms with van der Waals surface area (Å²) in [5, 5.41) is 0. The number of rotatable bonds is 0. The summed E-state index contributed by atoms with van der Waals surface area (Å²) in [7, 11) is 0. The van der Waals surface area contributed by atoms with Gasteiger partial charge in [0.2, 0.25) is 0 Å². The van der Waals surface area contributed by atoms with Gasteiger partial charge in [0.1, 0.15) is 0 Å². The zero-order valence-corrected chi connectivity index (χ0v) is 7.31. The SMILES string of the molecule is C1CCC23CCCCC2C3C1. The Kier molecular flexibility index (Phi) is 1.20. The Labute approximate surface area is 69.4 Å². The highest BCUT2D eigenvalue weighted by Gasteiger charge is 2.63. The Morgan fingerprint density at radius 1 is 0.727 bits per heavy atom. The minimum absolute atomic E-state index is 0.941. The number of fused-ring (bicyclic) bond motifs is 1. The van der Waals surface area contributed by atoms with Crippen molar-refractivity contribution in [2.45, 2.75) is 51.4 Å². The molecule has 2 atom stereocenters. The van der Waals surface area contributed by atoms with Crippen LogP contribution in [0.1, 0.15) is 51.4 Å². The molecule has 62 valence electrons. The molecule has 3 aliphatic rings. The molecule has 0 aromatic carbocycles. The van der Waals surface area contributed by atoms with Gasteiger partial charge in [0, 0.05) is 0 Å². The summed E-state index contributed by atoms with van der Waals surface area (Å²) >= 11 is 0. The fraction of sp³-hybridized carbons (Fsp3) is 1.00. The number of hydrogen-bond donors (Lipinski definition) is 0. The van der Waals surface area contributed by atoms with Crippen LogP contribution in [-0.4, -0.2) is 0 Å². The van der Waals surface area contributed by atoms with Crippen LogP contribution in [0.5, 0.6) is 0 Å². The van der Waals surface area contributed by atoms with E-state index in [2.05, 4.69) is 0 Å². The molecule has 0 heterocycles. The van der Waals surface area contributed by atoms with Crippen molar-refractivity contribution in [2.75, 3.05) is 0 Å². The Morgan fingerprint density at radius 3 is 1.82 bits per heavy atom. The van der Waals surface area contributed by atoms with Gasteiger partial charge in [-0.05, 0) is 42.9 Å². The third kappa shape index (κ3) is 0.711. The summed E-state index contributed by atoms with van der Waals surface area (Å²) in [6.07, 6.45) is 12.6. The van der Waals surface area contributed by atoms with Crippen LogP contribution in [0.2, 0.25) is 0 Å². The van der Waals surface area contributed by atoms with Crippen molar-refractivity contribution in [1.29, 1.82) is 0 Å². The predicted octanol–water partition coefficient (Wildman–Crippen LogP) is 3.37. The molecular weight excluding hydrogens is 132 g/mol. The molecule has 0 radical (unpaired) electrons. The first-order valence-corrected chi connectivity index (χ1v) is 5.43. The first-order valence-electron chi connectivity index (χ1n) is 5.43. The second-order valence-corrected chi connectivity index (χ2v) is 4.94.